The van der Waals surface area contributed by atoms with Crippen molar-refractivity contribution >= 4 is 32.8 Å². The van der Waals surface area contributed by atoms with E-state index in [9.17, 15) is 13.8 Å². The highest BCUT2D eigenvalue weighted by Gasteiger charge is 2.29. The van der Waals surface area contributed by atoms with Crippen molar-refractivity contribution in [3.63, 3.8) is 0 Å². The molecular weight excluding hydrogens is 468 g/mol. The molecule has 0 unspecified atom stereocenters. The SMILES string of the molecule is Cc1ccc(C)c(CN2CCN(c3ccc([N+]#N)c(S(=O)(=O)Cc4ccc(Cl)cc4)c3)CC2)c1. The van der Waals surface area contributed by atoms with E-state index in [1.165, 1.54) is 16.7 Å². The molecule has 0 aliphatic carbocycles. The van der Waals surface area contributed by atoms with E-state index in [0.717, 1.165) is 38.4 Å². The molecule has 0 spiro atoms. The quantitative estimate of drug-likeness (QED) is 0.408. The average Bonchev–Trinajstić information content (AvgIpc) is 2.83. The summed E-state index contributed by atoms with van der Waals surface area (Å²) in [4.78, 5) is 7.86. The third kappa shape index (κ3) is 5.58. The van der Waals surface area contributed by atoms with Crippen molar-refractivity contribution in [2.45, 2.75) is 31.0 Å². The van der Waals surface area contributed by atoms with Crippen molar-refractivity contribution in [1.82, 2.24) is 4.90 Å². The Labute approximate surface area is 206 Å². The van der Waals surface area contributed by atoms with Gasteiger partial charge >= 0.3 is 5.69 Å². The number of benzene rings is 3. The topological polar surface area (TPSA) is 68.8 Å². The monoisotopic (exact) mass is 495 g/mol. The van der Waals surface area contributed by atoms with Crippen LogP contribution in [0.15, 0.2) is 65.6 Å². The predicted molar refractivity (Wildman–Crippen MR) is 137 cm³/mol. The van der Waals surface area contributed by atoms with Gasteiger partial charge in [0.1, 0.15) is 0 Å². The fraction of sp³-hybridized carbons (Fsp3) is 0.308. The summed E-state index contributed by atoms with van der Waals surface area (Å²) in [6.07, 6.45) is 0. The molecule has 1 heterocycles. The molecule has 0 saturated carbocycles. The van der Waals surface area contributed by atoms with E-state index in [-0.39, 0.29) is 16.3 Å². The minimum atomic E-state index is -3.72. The molecule has 0 aromatic heterocycles. The highest BCUT2D eigenvalue weighted by Crippen LogP contribution is 2.32. The summed E-state index contributed by atoms with van der Waals surface area (Å²) in [6, 6.07) is 18.3. The van der Waals surface area contributed by atoms with E-state index in [0.29, 0.717) is 10.6 Å². The maximum Gasteiger partial charge on any atom is 0.403 e. The summed E-state index contributed by atoms with van der Waals surface area (Å²) < 4.78 is 26.4. The van der Waals surface area contributed by atoms with Gasteiger partial charge in [-0.2, -0.15) is 0 Å². The number of sulfone groups is 1. The molecule has 8 heteroatoms. The molecule has 1 fully saturated rings. The predicted octanol–water partition coefficient (Wildman–Crippen LogP) is 5.74. The first-order valence-electron chi connectivity index (χ1n) is 11.2. The van der Waals surface area contributed by atoms with Gasteiger partial charge in [-0.05, 0) is 54.8 Å². The van der Waals surface area contributed by atoms with Crippen molar-refractivity contribution in [2.24, 2.45) is 0 Å². The lowest BCUT2D eigenvalue weighted by molar-refractivity contribution is 0.249. The summed E-state index contributed by atoms with van der Waals surface area (Å²) >= 11 is 5.92. The summed E-state index contributed by atoms with van der Waals surface area (Å²) in [5.74, 6) is -0.195. The first kappa shape index (κ1) is 24.2. The second-order valence-electron chi connectivity index (χ2n) is 8.83. The van der Waals surface area contributed by atoms with E-state index in [1.54, 1.807) is 36.4 Å². The third-order valence-electron chi connectivity index (χ3n) is 6.29. The molecule has 4 rings (SSSR count). The summed E-state index contributed by atoms with van der Waals surface area (Å²) in [7, 11) is -3.72. The molecule has 1 saturated heterocycles. The molecule has 0 N–H and O–H groups in total. The summed E-state index contributed by atoms with van der Waals surface area (Å²) in [5, 5.41) is 9.97. The van der Waals surface area contributed by atoms with Gasteiger partial charge in [0.2, 0.25) is 5.39 Å². The lowest BCUT2D eigenvalue weighted by atomic mass is 10.0. The van der Waals surface area contributed by atoms with Crippen LogP contribution in [0.1, 0.15) is 22.3 Å². The molecule has 34 heavy (non-hydrogen) atoms. The van der Waals surface area contributed by atoms with Gasteiger partial charge in [0, 0.05) is 49.5 Å². The van der Waals surface area contributed by atoms with Crippen LogP contribution >= 0.6 is 11.6 Å². The average molecular weight is 496 g/mol. The molecule has 3 aromatic rings. The number of aryl methyl sites for hydroxylation is 2. The van der Waals surface area contributed by atoms with Crippen molar-refractivity contribution < 1.29 is 8.42 Å². The van der Waals surface area contributed by atoms with Gasteiger partial charge in [0.15, 0.2) is 19.7 Å². The lowest BCUT2D eigenvalue weighted by Crippen LogP contribution is -2.46. The van der Waals surface area contributed by atoms with Gasteiger partial charge in [-0.25, -0.2) is 8.42 Å². The van der Waals surface area contributed by atoms with E-state index in [2.05, 4.69) is 46.8 Å². The first-order chi connectivity index (χ1) is 16.2. The van der Waals surface area contributed by atoms with Crippen molar-refractivity contribution in [2.75, 3.05) is 31.1 Å². The number of anilines is 1. The van der Waals surface area contributed by atoms with Gasteiger partial charge in [-0.3, -0.25) is 4.90 Å². The first-order valence-corrected chi connectivity index (χ1v) is 13.3. The van der Waals surface area contributed by atoms with E-state index in [4.69, 9.17) is 11.6 Å². The fourth-order valence-electron chi connectivity index (χ4n) is 4.28. The van der Waals surface area contributed by atoms with Crippen LogP contribution in [-0.2, 0) is 22.1 Å². The standard InChI is InChI=1S/C26H28ClN4O2S/c1-19-3-4-20(2)22(15-19)17-30-11-13-31(14-12-30)24-9-10-25(29-28)26(16-24)34(32,33)18-21-5-7-23(27)8-6-21/h3-10,15-16H,11-14,17-18H2,1-2H3/q+1. The second kappa shape index (κ2) is 10.1. The zero-order chi connectivity index (χ0) is 24.3. The number of nitrogens with zero attached hydrogens (tertiary/aromatic N) is 4. The summed E-state index contributed by atoms with van der Waals surface area (Å²) in [5.41, 5.74) is 5.39. The number of piperazine rings is 1. The highest BCUT2D eigenvalue weighted by molar-refractivity contribution is 7.90. The van der Waals surface area contributed by atoms with Gasteiger partial charge < -0.3 is 4.90 Å². The zero-order valence-corrected chi connectivity index (χ0v) is 21.0. The second-order valence-corrected chi connectivity index (χ2v) is 11.2. The van der Waals surface area contributed by atoms with Gasteiger partial charge in [-0.15, -0.1) is 0 Å². The smallest absolute Gasteiger partial charge is 0.369 e. The molecule has 0 bridgehead atoms. The Morgan fingerprint density at radius 3 is 2.32 bits per heavy atom. The summed E-state index contributed by atoms with van der Waals surface area (Å²) in [6.45, 7) is 8.50. The number of hydrogen-bond acceptors (Lipinski definition) is 5. The molecule has 3 aromatic carbocycles. The maximum atomic E-state index is 13.2. The third-order valence-corrected chi connectivity index (χ3v) is 8.25. The fourth-order valence-corrected chi connectivity index (χ4v) is 5.93. The molecule has 176 valence electrons. The number of hydrogen-bond donors (Lipinski definition) is 0. The Morgan fingerprint density at radius 1 is 0.941 bits per heavy atom. The van der Waals surface area contributed by atoms with Gasteiger partial charge in [-0.1, -0.05) is 47.5 Å². The van der Waals surface area contributed by atoms with Crippen LogP contribution in [-0.4, -0.2) is 39.5 Å². The molecular formula is C26H28ClN4O2S+. The van der Waals surface area contributed by atoms with Gasteiger partial charge in [0.25, 0.3) is 0 Å². The molecule has 0 atom stereocenters. The Morgan fingerprint density at radius 2 is 1.65 bits per heavy atom. The van der Waals surface area contributed by atoms with Crippen molar-refractivity contribution in [3.8, 4) is 0 Å². The van der Waals surface area contributed by atoms with Crippen LogP contribution in [0.25, 0.3) is 4.98 Å². The highest BCUT2D eigenvalue weighted by atomic mass is 35.5. The Hall–Kier alpha value is -2.92. The normalized spacial score (nSPS) is 14.7. The number of rotatable bonds is 6. The molecule has 1 aliphatic rings. The van der Waals surface area contributed by atoms with Crippen LogP contribution in [0.2, 0.25) is 5.02 Å². The minimum Gasteiger partial charge on any atom is -0.369 e. The van der Waals surface area contributed by atoms with E-state index >= 15 is 0 Å². The maximum absolute atomic E-state index is 13.2. The minimum absolute atomic E-state index is 0.0280. The van der Waals surface area contributed by atoms with Crippen LogP contribution in [0, 0.1) is 19.2 Å². The Kier molecular flexibility index (Phi) is 7.22. The van der Waals surface area contributed by atoms with Crippen LogP contribution in [0.5, 0.6) is 0 Å². The number of halogens is 1. The van der Waals surface area contributed by atoms with E-state index in [1.807, 2.05) is 6.07 Å². The van der Waals surface area contributed by atoms with Gasteiger partial charge in [0.05, 0.1) is 5.75 Å². The Bertz CT molecular complexity index is 1330. The van der Waals surface area contributed by atoms with E-state index < -0.39 is 9.84 Å². The lowest BCUT2D eigenvalue weighted by Gasteiger charge is -2.36. The molecule has 0 amide bonds. The Balaban J connectivity index is 1.49. The number of diazo groups is 1. The zero-order valence-electron chi connectivity index (χ0n) is 19.4. The van der Waals surface area contributed by atoms with Crippen LogP contribution < -0.4 is 4.90 Å². The van der Waals surface area contributed by atoms with Crippen LogP contribution in [0.4, 0.5) is 11.4 Å². The molecule has 0 radical (unpaired) electrons. The molecule has 1 aliphatic heterocycles. The van der Waals surface area contributed by atoms with Crippen molar-refractivity contribution in [3.05, 3.63) is 92.9 Å². The van der Waals surface area contributed by atoms with Crippen LogP contribution in [0.3, 0.4) is 0 Å². The van der Waals surface area contributed by atoms with Crippen molar-refractivity contribution in [1.29, 1.82) is 5.39 Å². The largest absolute Gasteiger partial charge is 0.403 e. The molecule has 6 nitrogen and oxygen atoms in total.